The van der Waals surface area contributed by atoms with Crippen LogP contribution in [0.15, 0.2) is 42.5 Å². The summed E-state index contributed by atoms with van der Waals surface area (Å²) in [4.78, 5) is 36.0. The fraction of sp³-hybridized carbons (Fsp3) is 0.318. The number of hydrogen-bond acceptors (Lipinski definition) is 3. The topological polar surface area (TPSA) is 87.3 Å². The van der Waals surface area contributed by atoms with Crippen LogP contribution in [0.25, 0.3) is 0 Å². The summed E-state index contributed by atoms with van der Waals surface area (Å²) in [5, 5.41) is 8.21. The van der Waals surface area contributed by atoms with Gasteiger partial charge in [0.05, 0.1) is 19.0 Å². The Bertz CT molecular complexity index is 860. The summed E-state index contributed by atoms with van der Waals surface area (Å²) in [6.45, 7) is 7.16. The lowest BCUT2D eigenvalue weighted by Crippen LogP contribution is -2.36. The molecule has 1 atom stereocenters. The summed E-state index contributed by atoms with van der Waals surface area (Å²) in [6, 6.07) is 12.9. The average Bonchev–Trinajstić information content (AvgIpc) is 2.63. The number of aryl methyl sites for hydroxylation is 2. The van der Waals surface area contributed by atoms with Crippen LogP contribution < -0.4 is 16.0 Å². The van der Waals surface area contributed by atoms with Gasteiger partial charge in [0.25, 0.3) is 0 Å². The van der Waals surface area contributed by atoms with E-state index in [4.69, 9.17) is 0 Å². The Morgan fingerprint density at radius 3 is 2.25 bits per heavy atom. The van der Waals surface area contributed by atoms with Crippen molar-refractivity contribution in [3.05, 3.63) is 64.7 Å². The molecule has 0 spiro atoms. The van der Waals surface area contributed by atoms with E-state index in [0.717, 1.165) is 27.9 Å². The van der Waals surface area contributed by atoms with Gasteiger partial charge in [0.2, 0.25) is 17.7 Å². The normalized spacial score (nSPS) is 11.4. The average molecular weight is 381 g/mol. The zero-order valence-electron chi connectivity index (χ0n) is 16.8. The molecule has 3 amide bonds. The largest absolute Gasteiger partial charge is 0.349 e. The maximum absolute atomic E-state index is 12.3. The number of rotatable bonds is 7. The SMILES string of the molecule is CC(=O)NC(CC(=O)NCC(=O)Nc1cccc(C)c1C)c1ccc(C)cc1. The zero-order chi connectivity index (χ0) is 20.7. The van der Waals surface area contributed by atoms with Crippen LogP contribution in [0.2, 0.25) is 0 Å². The number of hydrogen-bond donors (Lipinski definition) is 3. The Kier molecular flexibility index (Phi) is 7.32. The molecule has 0 aliphatic rings. The van der Waals surface area contributed by atoms with Gasteiger partial charge in [-0.15, -0.1) is 0 Å². The lowest BCUT2D eigenvalue weighted by Gasteiger charge is -2.18. The van der Waals surface area contributed by atoms with Crippen molar-refractivity contribution in [3.63, 3.8) is 0 Å². The van der Waals surface area contributed by atoms with Crippen molar-refractivity contribution >= 4 is 23.4 Å². The molecule has 0 aliphatic heterocycles. The summed E-state index contributed by atoms with van der Waals surface area (Å²) in [5.74, 6) is -0.824. The minimum Gasteiger partial charge on any atom is -0.349 e. The highest BCUT2D eigenvalue weighted by Gasteiger charge is 2.17. The van der Waals surface area contributed by atoms with Crippen molar-refractivity contribution in [3.8, 4) is 0 Å². The van der Waals surface area contributed by atoms with Crippen molar-refractivity contribution < 1.29 is 14.4 Å². The molecule has 0 saturated heterocycles. The number of anilines is 1. The highest BCUT2D eigenvalue weighted by Crippen LogP contribution is 2.18. The molecule has 1 unspecified atom stereocenters. The van der Waals surface area contributed by atoms with E-state index in [1.54, 1.807) is 0 Å². The van der Waals surface area contributed by atoms with Crippen molar-refractivity contribution in [2.24, 2.45) is 0 Å². The molecule has 0 heterocycles. The zero-order valence-corrected chi connectivity index (χ0v) is 16.8. The second kappa shape index (κ2) is 9.69. The van der Waals surface area contributed by atoms with E-state index in [-0.39, 0.29) is 30.7 Å². The fourth-order valence-corrected chi connectivity index (χ4v) is 2.81. The van der Waals surface area contributed by atoms with Crippen LogP contribution in [0.1, 0.15) is 41.6 Å². The van der Waals surface area contributed by atoms with Crippen LogP contribution >= 0.6 is 0 Å². The second-order valence-corrected chi connectivity index (χ2v) is 6.94. The number of benzene rings is 2. The van der Waals surface area contributed by atoms with Crippen LogP contribution in [0.3, 0.4) is 0 Å². The number of carbonyl (C=O) groups excluding carboxylic acids is 3. The first-order valence-electron chi connectivity index (χ1n) is 9.22. The predicted molar refractivity (Wildman–Crippen MR) is 110 cm³/mol. The van der Waals surface area contributed by atoms with Gasteiger partial charge in [-0.1, -0.05) is 42.0 Å². The molecular formula is C22H27N3O3. The Morgan fingerprint density at radius 1 is 0.929 bits per heavy atom. The molecule has 0 aromatic heterocycles. The molecule has 3 N–H and O–H groups in total. The smallest absolute Gasteiger partial charge is 0.243 e. The molecular weight excluding hydrogens is 354 g/mol. The third kappa shape index (κ3) is 6.23. The Hall–Kier alpha value is -3.15. The molecule has 2 rings (SSSR count). The first kappa shape index (κ1) is 21.2. The summed E-state index contributed by atoms with van der Waals surface area (Å²) >= 11 is 0. The molecule has 2 aromatic rings. The predicted octanol–water partition coefficient (Wildman–Crippen LogP) is 2.93. The van der Waals surface area contributed by atoms with Crippen LogP contribution in [-0.2, 0) is 14.4 Å². The van der Waals surface area contributed by atoms with Gasteiger partial charge in [0.1, 0.15) is 0 Å². The van der Waals surface area contributed by atoms with Gasteiger partial charge in [-0.25, -0.2) is 0 Å². The molecule has 0 fully saturated rings. The van der Waals surface area contributed by atoms with Gasteiger partial charge in [0.15, 0.2) is 0 Å². The van der Waals surface area contributed by atoms with Gasteiger partial charge in [-0.3, -0.25) is 14.4 Å². The summed E-state index contributed by atoms with van der Waals surface area (Å²) < 4.78 is 0. The monoisotopic (exact) mass is 381 g/mol. The van der Waals surface area contributed by atoms with Crippen LogP contribution in [0, 0.1) is 20.8 Å². The van der Waals surface area contributed by atoms with E-state index in [1.165, 1.54) is 6.92 Å². The molecule has 0 bridgehead atoms. The third-order valence-electron chi connectivity index (χ3n) is 4.57. The molecule has 2 aromatic carbocycles. The highest BCUT2D eigenvalue weighted by atomic mass is 16.2. The number of carbonyl (C=O) groups is 3. The first-order valence-corrected chi connectivity index (χ1v) is 9.22. The van der Waals surface area contributed by atoms with E-state index in [1.807, 2.05) is 63.2 Å². The number of nitrogens with one attached hydrogen (secondary N) is 3. The fourth-order valence-electron chi connectivity index (χ4n) is 2.81. The van der Waals surface area contributed by atoms with Crippen LogP contribution in [-0.4, -0.2) is 24.3 Å². The molecule has 0 radical (unpaired) electrons. The van der Waals surface area contributed by atoms with Gasteiger partial charge < -0.3 is 16.0 Å². The van der Waals surface area contributed by atoms with E-state index in [0.29, 0.717) is 0 Å². The third-order valence-corrected chi connectivity index (χ3v) is 4.57. The van der Waals surface area contributed by atoms with Gasteiger partial charge in [-0.2, -0.15) is 0 Å². The molecule has 6 nitrogen and oxygen atoms in total. The van der Waals surface area contributed by atoms with E-state index >= 15 is 0 Å². The highest BCUT2D eigenvalue weighted by molar-refractivity contribution is 5.95. The molecule has 6 heteroatoms. The van der Waals surface area contributed by atoms with Gasteiger partial charge >= 0.3 is 0 Å². The van der Waals surface area contributed by atoms with Crippen molar-refractivity contribution in [2.45, 2.75) is 40.2 Å². The van der Waals surface area contributed by atoms with Crippen molar-refractivity contribution in [1.29, 1.82) is 0 Å². The maximum Gasteiger partial charge on any atom is 0.243 e. The Labute approximate surface area is 165 Å². The van der Waals surface area contributed by atoms with E-state index in [9.17, 15) is 14.4 Å². The first-order chi connectivity index (χ1) is 13.3. The minimum atomic E-state index is -0.444. The summed E-state index contributed by atoms with van der Waals surface area (Å²) in [7, 11) is 0. The second-order valence-electron chi connectivity index (χ2n) is 6.94. The maximum atomic E-state index is 12.3. The Morgan fingerprint density at radius 2 is 1.61 bits per heavy atom. The Balaban J connectivity index is 1.93. The standard InChI is InChI=1S/C22H27N3O3/c1-14-8-10-18(11-9-14)20(24-17(4)26)12-21(27)23-13-22(28)25-19-7-5-6-15(2)16(19)3/h5-11,20H,12-13H2,1-4H3,(H,23,27)(H,24,26)(H,25,28). The molecule has 28 heavy (non-hydrogen) atoms. The minimum absolute atomic E-state index is 0.0550. The summed E-state index contributed by atoms with van der Waals surface area (Å²) in [6.07, 6.45) is 0.0550. The van der Waals surface area contributed by atoms with Gasteiger partial charge in [-0.05, 0) is 43.5 Å². The lowest BCUT2D eigenvalue weighted by molar-refractivity contribution is -0.125. The number of amides is 3. The quantitative estimate of drug-likeness (QED) is 0.689. The van der Waals surface area contributed by atoms with Crippen molar-refractivity contribution in [2.75, 3.05) is 11.9 Å². The molecule has 0 saturated carbocycles. The summed E-state index contributed by atoms with van der Waals surface area (Å²) in [5.41, 5.74) is 4.74. The molecule has 0 aliphatic carbocycles. The van der Waals surface area contributed by atoms with Crippen LogP contribution in [0.5, 0.6) is 0 Å². The van der Waals surface area contributed by atoms with Crippen LogP contribution in [0.4, 0.5) is 5.69 Å². The van der Waals surface area contributed by atoms with E-state index in [2.05, 4.69) is 16.0 Å². The lowest BCUT2D eigenvalue weighted by atomic mass is 10.0. The van der Waals surface area contributed by atoms with Gasteiger partial charge in [0, 0.05) is 12.6 Å². The molecule has 148 valence electrons. The van der Waals surface area contributed by atoms with E-state index < -0.39 is 6.04 Å². The van der Waals surface area contributed by atoms with Crippen molar-refractivity contribution in [1.82, 2.24) is 10.6 Å².